The predicted octanol–water partition coefficient (Wildman–Crippen LogP) is -0.108. The fourth-order valence-electron chi connectivity index (χ4n) is 3.54. The highest BCUT2D eigenvalue weighted by molar-refractivity contribution is 5.86. The fourth-order valence-corrected chi connectivity index (χ4v) is 3.54. The molecule has 1 aliphatic heterocycles. The van der Waals surface area contributed by atoms with Gasteiger partial charge in [0, 0.05) is 14.0 Å². The number of amides is 2. The summed E-state index contributed by atoms with van der Waals surface area (Å²) in [6, 6.07) is 7.70. The van der Waals surface area contributed by atoms with Crippen molar-refractivity contribution in [3.63, 3.8) is 0 Å². The largest absolute Gasteiger partial charge is 0.467 e. The number of carbonyl (C=O) groups is 3. The van der Waals surface area contributed by atoms with E-state index < -0.39 is 60.6 Å². The van der Waals surface area contributed by atoms with Crippen LogP contribution in [0.3, 0.4) is 0 Å². The van der Waals surface area contributed by atoms with E-state index in [1.165, 1.54) is 35.0 Å². The minimum absolute atomic E-state index is 0.0164. The summed E-state index contributed by atoms with van der Waals surface area (Å²) in [6.07, 6.45) is -5.22. The number of aliphatic hydroxyl groups is 1. The monoisotopic (exact) mass is 482 g/mol. The van der Waals surface area contributed by atoms with Crippen molar-refractivity contribution in [2.45, 2.75) is 70.2 Å². The van der Waals surface area contributed by atoms with Crippen LogP contribution in [0.25, 0.3) is 0 Å². The second-order valence-corrected chi connectivity index (χ2v) is 7.99. The van der Waals surface area contributed by atoms with E-state index >= 15 is 0 Å². The van der Waals surface area contributed by atoms with Gasteiger partial charge in [0.2, 0.25) is 11.8 Å². The molecule has 0 spiro atoms. The Balaban J connectivity index is 2.11. The van der Waals surface area contributed by atoms with Gasteiger partial charge in [0.1, 0.15) is 36.5 Å². The van der Waals surface area contributed by atoms with Crippen LogP contribution >= 0.6 is 0 Å². The van der Waals surface area contributed by atoms with E-state index in [4.69, 9.17) is 18.9 Å². The standard InChI is InChI=1S/C23H34N2O9/c1-13(22(29)30-4)24-21(28)14(2)33-20-18(25-15(3)26)23(31-5)34-17(19(20)27)12-32-11-16-9-7-6-8-10-16/h6-10,13-14,17-20,23,27H,11-12H2,1-5H3,(H,24,28)(H,25,26)/t13-,14+,17+,18+,19+,20+,23+/m0/s1. The summed E-state index contributed by atoms with van der Waals surface area (Å²) >= 11 is 0. The molecule has 1 saturated heterocycles. The van der Waals surface area contributed by atoms with Gasteiger partial charge in [0.05, 0.1) is 20.3 Å². The Morgan fingerprint density at radius 3 is 2.41 bits per heavy atom. The Morgan fingerprint density at radius 1 is 1.15 bits per heavy atom. The normalized spacial score (nSPS) is 26.2. The van der Waals surface area contributed by atoms with Crippen molar-refractivity contribution in [3.05, 3.63) is 35.9 Å². The third-order valence-electron chi connectivity index (χ3n) is 5.31. The Labute approximate surface area is 199 Å². The molecule has 0 aromatic heterocycles. The average molecular weight is 483 g/mol. The number of methoxy groups -OCH3 is 2. The number of hydrogen-bond donors (Lipinski definition) is 3. The number of aliphatic hydroxyl groups excluding tert-OH is 1. The molecule has 1 aromatic carbocycles. The Kier molecular flexibility index (Phi) is 10.9. The van der Waals surface area contributed by atoms with Crippen molar-refractivity contribution in [1.29, 1.82) is 0 Å². The van der Waals surface area contributed by atoms with E-state index in [0.717, 1.165) is 5.56 Å². The summed E-state index contributed by atoms with van der Waals surface area (Å²) in [4.78, 5) is 35.9. The summed E-state index contributed by atoms with van der Waals surface area (Å²) in [6.45, 7) is 4.56. The maximum Gasteiger partial charge on any atom is 0.328 e. The lowest BCUT2D eigenvalue weighted by Gasteiger charge is -2.44. The molecule has 11 heteroatoms. The Bertz CT molecular complexity index is 807. The van der Waals surface area contributed by atoms with Crippen molar-refractivity contribution in [3.8, 4) is 0 Å². The minimum Gasteiger partial charge on any atom is -0.467 e. The molecule has 1 aliphatic rings. The summed E-state index contributed by atoms with van der Waals surface area (Å²) in [5.74, 6) is -1.60. The van der Waals surface area contributed by atoms with Gasteiger partial charge in [0.15, 0.2) is 6.29 Å². The molecule has 2 amide bonds. The molecule has 11 nitrogen and oxygen atoms in total. The van der Waals surface area contributed by atoms with E-state index in [-0.39, 0.29) is 6.61 Å². The second-order valence-electron chi connectivity index (χ2n) is 7.99. The lowest BCUT2D eigenvalue weighted by Crippen LogP contribution is -2.66. The number of benzene rings is 1. The highest BCUT2D eigenvalue weighted by Gasteiger charge is 2.48. The molecule has 1 fully saturated rings. The first-order valence-corrected chi connectivity index (χ1v) is 11.0. The van der Waals surface area contributed by atoms with Gasteiger partial charge in [0.25, 0.3) is 0 Å². The smallest absolute Gasteiger partial charge is 0.328 e. The zero-order valence-corrected chi connectivity index (χ0v) is 20.1. The lowest BCUT2D eigenvalue weighted by molar-refractivity contribution is -0.276. The molecule has 34 heavy (non-hydrogen) atoms. The SMILES string of the molecule is COC(=O)[C@H](C)NC(=O)[C@@H](C)O[C@H]1[C@H](O)[C@@H](COCc2ccccc2)O[C@@H](OC)[C@@H]1NC(C)=O. The predicted molar refractivity (Wildman–Crippen MR) is 119 cm³/mol. The first-order valence-electron chi connectivity index (χ1n) is 11.0. The molecular formula is C23H34N2O9. The van der Waals surface area contributed by atoms with Gasteiger partial charge in [-0.25, -0.2) is 4.79 Å². The van der Waals surface area contributed by atoms with Crippen LogP contribution in [-0.4, -0.2) is 86.5 Å². The molecule has 190 valence electrons. The van der Waals surface area contributed by atoms with Gasteiger partial charge in [-0.3, -0.25) is 9.59 Å². The summed E-state index contributed by atoms with van der Waals surface area (Å²) in [7, 11) is 2.61. The molecule has 2 rings (SSSR count). The van der Waals surface area contributed by atoms with Crippen LogP contribution in [0.2, 0.25) is 0 Å². The van der Waals surface area contributed by atoms with Crippen molar-refractivity contribution in [2.24, 2.45) is 0 Å². The van der Waals surface area contributed by atoms with Gasteiger partial charge in [-0.15, -0.1) is 0 Å². The van der Waals surface area contributed by atoms with Gasteiger partial charge >= 0.3 is 5.97 Å². The zero-order chi connectivity index (χ0) is 25.3. The van der Waals surface area contributed by atoms with Crippen LogP contribution in [0.15, 0.2) is 30.3 Å². The number of carbonyl (C=O) groups excluding carboxylic acids is 3. The molecule has 0 saturated carbocycles. The topological polar surface area (TPSA) is 142 Å². The number of nitrogens with one attached hydrogen (secondary N) is 2. The number of ether oxygens (including phenoxy) is 5. The summed E-state index contributed by atoms with van der Waals surface area (Å²) < 4.78 is 27.4. The van der Waals surface area contributed by atoms with Crippen LogP contribution < -0.4 is 10.6 Å². The van der Waals surface area contributed by atoms with Gasteiger partial charge < -0.3 is 39.4 Å². The first-order chi connectivity index (χ1) is 16.2. The summed E-state index contributed by atoms with van der Waals surface area (Å²) in [5.41, 5.74) is 0.949. The molecule has 0 aliphatic carbocycles. The molecular weight excluding hydrogens is 448 g/mol. The van der Waals surface area contributed by atoms with Crippen LogP contribution in [0.1, 0.15) is 26.3 Å². The Hall–Kier alpha value is -2.57. The number of hydrogen-bond acceptors (Lipinski definition) is 9. The molecule has 0 bridgehead atoms. The van der Waals surface area contributed by atoms with Crippen LogP contribution in [0, 0.1) is 0 Å². The van der Waals surface area contributed by atoms with Crippen LogP contribution in [0.5, 0.6) is 0 Å². The third kappa shape index (κ3) is 7.74. The average Bonchev–Trinajstić information content (AvgIpc) is 2.82. The van der Waals surface area contributed by atoms with Crippen LogP contribution in [0.4, 0.5) is 0 Å². The number of esters is 1. The minimum atomic E-state index is -1.26. The van der Waals surface area contributed by atoms with E-state index in [1.807, 2.05) is 30.3 Å². The van der Waals surface area contributed by atoms with Crippen molar-refractivity contribution < 1.29 is 43.2 Å². The Morgan fingerprint density at radius 2 is 1.82 bits per heavy atom. The van der Waals surface area contributed by atoms with Gasteiger partial charge in [-0.1, -0.05) is 30.3 Å². The molecule has 1 heterocycles. The molecule has 3 N–H and O–H groups in total. The second kappa shape index (κ2) is 13.4. The molecule has 0 radical (unpaired) electrons. The maximum atomic E-state index is 12.5. The third-order valence-corrected chi connectivity index (χ3v) is 5.31. The maximum absolute atomic E-state index is 12.5. The quantitative estimate of drug-likeness (QED) is 0.368. The fraction of sp³-hybridized carbons (Fsp3) is 0.609. The summed E-state index contributed by atoms with van der Waals surface area (Å²) in [5, 5.41) is 16.2. The zero-order valence-electron chi connectivity index (χ0n) is 20.1. The van der Waals surface area contributed by atoms with Crippen molar-refractivity contribution in [1.82, 2.24) is 10.6 Å². The lowest BCUT2D eigenvalue weighted by atomic mass is 9.96. The van der Waals surface area contributed by atoms with E-state index in [0.29, 0.717) is 6.61 Å². The highest BCUT2D eigenvalue weighted by Crippen LogP contribution is 2.26. The highest BCUT2D eigenvalue weighted by atomic mass is 16.7. The molecule has 0 unspecified atom stereocenters. The van der Waals surface area contributed by atoms with Crippen molar-refractivity contribution in [2.75, 3.05) is 20.8 Å². The van der Waals surface area contributed by atoms with E-state index in [2.05, 4.69) is 15.4 Å². The van der Waals surface area contributed by atoms with Gasteiger partial charge in [-0.05, 0) is 19.4 Å². The van der Waals surface area contributed by atoms with Gasteiger partial charge in [-0.2, -0.15) is 0 Å². The first kappa shape index (κ1) is 27.7. The van der Waals surface area contributed by atoms with Crippen LogP contribution in [-0.2, 0) is 44.7 Å². The van der Waals surface area contributed by atoms with E-state index in [9.17, 15) is 19.5 Å². The van der Waals surface area contributed by atoms with Crippen molar-refractivity contribution >= 4 is 17.8 Å². The van der Waals surface area contributed by atoms with E-state index in [1.54, 1.807) is 0 Å². The number of rotatable bonds is 11. The molecule has 1 aromatic rings. The molecule has 7 atom stereocenters.